The number of carboxylic acid groups (broad SMARTS) is 1. The lowest BCUT2D eigenvalue weighted by Crippen LogP contribution is -2.44. The third kappa shape index (κ3) is 6.07. The van der Waals surface area contributed by atoms with E-state index in [4.69, 9.17) is 11.6 Å². The van der Waals surface area contributed by atoms with Gasteiger partial charge in [-0.3, -0.25) is 4.79 Å². The molecule has 0 radical (unpaired) electrons. The maximum atomic E-state index is 13.2. The fraction of sp³-hybridized carbons (Fsp3) is 0.310. The molecular weight excluding hydrogens is 577 g/mol. The van der Waals surface area contributed by atoms with E-state index < -0.39 is 34.8 Å². The number of aromatic nitrogens is 3. The molecule has 0 bridgehead atoms. The molecule has 5 rings (SSSR count). The van der Waals surface area contributed by atoms with Crippen molar-refractivity contribution in [3.05, 3.63) is 76.6 Å². The van der Waals surface area contributed by atoms with Crippen LogP contribution < -0.4 is 5.32 Å². The van der Waals surface area contributed by atoms with Crippen molar-refractivity contribution < 1.29 is 28.2 Å². The van der Waals surface area contributed by atoms with E-state index in [0.717, 1.165) is 12.3 Å². The minimum Gasteiger partial charge on any atom is -0.481 e. The Morgan fingerprint density at radius 3 is 2.54 bits per heavy atom. The van der Waals surface area contributed by atoms with Gasteiger partial charge in [-0.15, -0.1) is 11.3 Å². The van der Waals surface area contributed by atoms with E-state index in [1.807, 2.05) is 32.0 Å². The lowest BCUT2D eigenvalue weighted by molar-refractivity contribution is -0.154. The van der Waals surface area contributed by atoms with Crippen LogP contribution in [0.2, 0.25) is 5.02 Å². The number of aliphatic hydroxyl groups is 1. The highest BCUT2D eigenvalue weighted by atomic mass is 35.5. The van der Waals surface area contributed by atoms with Gasteiger partial charge in [0.25, 0.3) is 0 Å². The van der Waals surface area contributed by atoms with E-state index >= 15 is 0 Å². The second-order valence-electron chi connectivity index (χ2n) is 10.8. The van der Waals surface area contributed by atoms with E-state index in [1.165, 1.54) is 11.3 Å². The standard InChI is InChI=1S/C29H26ClF3N4O3S/c1-27(2)15-28(40,9-7-20(27)24(38)39)25-35-14-22(41-25)17-11-16(19-5-3-4-6-21(19)30)12-18(13-17)36-26-34-10-8-23(37-26)29(31,32)33/h3-6,8,10-14,20,40H,7,9,15H2,1-2H3,(H,38,39)(H,34,36,37)/t20-,28-/m0/s1. The number of aliphatic carboxylic acids is 1. The van der Waals surface area contributed by atoms with Gasteiger partial charge in [-0.05, 0) is 66.1 Å². The Balaban J connectivity index is 1.53. The first-order valence-corrected chi connectivity index (χ1v) is 13.9. The van der Waals surface area contributed by atoms with Crippen LogP contribution in [0.4, 0.5) is 24.8 Å². The van der Waals surface area contributed by atoms with E-state index in [9.17, 15) is 28.2 Å². The highest BCUT2D eigenvalue weighted by molar-refractivity contribution is 7.15. The lowest BCUT2D eigenvalue weighted by Gasteiger charge is -2.44. The molecule has 2 aromatic carbocycles. The van der Waals surface area contributed by atoms with Crippen LogP contribution in [0.25, 0.3) is 21.6 Å². The van der Waals surface area contributed by atoms with Crippen molar-refractivity contribution in [3.63, 3.8) is 0 Å². The molecular formula is C29H26ClF3N4O3S. The first kappa shape index (κ1) is 29.0. The molecule has 7 nitrogen and oxygen atoms in total. The minimum absolute atomic E-state index is 0.223. The summed E-state index contributed by atoms with van der Waals surface area (Å²) in [6.07, 6.45) is -1.14. The van der Waals surface area contributed by atoms with Gasteiger partial charge in [-0.25, -0.2) is 15.0 Å². The number of hydrogen-bond donors (Lipinski definition) is 3. The predicted molar refractivity (Wildman–Crippen MR) is 151 cm³/mol. The van der Waals surface area contributed by atoms with Gasteiger partial charge in [0.15, 0.2) is 0 Å². The van der Waals surface area contributed by atoms with Crippen LogP contribution in [0.1, 0.15) is 43.8 Å². The summed E-state index contributed by atoms with van der Waals surface area (Å²) in [6.45, 7) is 3.68. The molecule has 1 fully saturated rings. The number of anilines is 2. The molecule has 0 unspecified atom stereocenters. The number of carbonyl (C=O) groups is 1. The highest BCUT2D eigenvalue weighted by Gasteiger charge is 2.49. The zero-order chi connectivity index (χ0) is 29.6. The van der Waals surface area contributed by atoms with Crippen molar-refractivity contribution in [2.75, 3.05) is 5.32 Å². The first-order valence-electron chi connectivity index (χ1n) is 12.7. The summed E-state index contributed by atoms with van der Waals surface area (Å²) in [7, 11) is 0. The monoisotopic (exact) mass is 602 g/mol. The molecule has 0 amide bonds. The third-order valence-electron chi connectivity index (χ3n) is 7.34. The fourth-order valence-corrected chi connectivity index (χ4v) is 6.66. The summed E-state index contributed by atoms with van der Waals surface area (Å²) in [5.41, 5.74) is -0.488. The third-order valence-corrected chi connectivity index (χ3v) is 8.91. The zero-order valence-corrected chi connectivity index (χ0v) is 23.6. The van der Waals surface area contributed by atoms with Crippen LogP contribution in [0, 0.1) is 11.3 Å². The molecule has 0 spiro atoms. The average molecular weight is 603 g/mol. The summed E-state index contributed by atoms with van der Waals surface area (Å²) in [6, 6.07) is 13.3. The number of benzene rings is 2. The number of halogens is 4. The molecule has 3 N–H and O–H groups in total. The zero-order valence-electron chi connectivity index (χ0n) is 22.0. The quantitative estimate of drug-likeness (QED) is 0.207. The summed E-state index contributed by atoms with van der Waals surface area (Å²) >= 11 is 7.75. The topological polar surface area (TPSA) is 108 Å². The van der Waals surface area contributed by atoms with Crippen molar-refractivity contribution in [1.82, 2.24) is 15.0 Å². The smallest absolute Gasteiger partial charge is 0.433 e. The normalized spacial score (nSPS) is 20.5. The number of rotatable bonds is 6. The highest BCUT2D eigenvalue weighted by Crippen LogP contribution is 2.51. The van der Waals surface area contributed by atoms with Gasteiger partial charge < -0.3 is 15.5 Å². The van der Waals surface area contributed by atoms with Crippen molar-refractivity contribution >= 4 is 40.5 Å². The van der Waals surface area contributed by atoms with Crippen LogP contribution in [0.5, 0.6) is 0 Å². The van der Waals surface area contributed by atoms with E-state index in [0.29, 0.717) is 43.7 Å². The van der Waals surface area contributed by atoms with Crippen LogP contribution in [-0.4, -0.2) is 31.1 Å². The molecule has 1 aliphatic rings. The van der Waals surface area contributed by atoms with Crippen molar-refractivity contribution in [3.8, 4) is 21.6 Å². The van der Waals surface area contributed by atoms with Gasteiger partial charge in [0, 0.05) is 28.7 Å². The molecule has 0 aliphatic heterocycles. The van der Waals surface area contributed by atoms with Crippen LogP contribution in [-0.2, 0) is 16.6 Å². The summed E-state index contributed by atoms with van der Waals surface area (Å²) in [4.78, 5) is 24.5. The summed E-state index contributed by atoms with van der Waals surface area (Å²) in [5.74, 6) is -1.67. The number of thiazole rings is 1. The average Bonchev–Trinajstić information content (AvgIpc) is 3.39. The summed E-state index contributed by atoms with van der Waals surface area (Å²) in [5, 5.41) is 25.0. The van der Waals surface area contributed by atoms with Gasteiger partial charge in [-0.1, -0.05) is 43.6 Å². The molecule has 1 saturated carbocycles. The predicted octanol–water partition coefficient (Wildman–Crippen LogP) is 7.78. The molecule has 1 aliphatic carbocycles. The molecule has 2 atom stereocenters. The molecule has 2 aromatic heterocycles. The van der Waals surface area contributed by atoms with Crippen LogP contribution >= 0.6 is 22.9 Å². The Hall–Kier alpha value is -3.54. The maximum absolute atomic E-state index is 13.2. The Morgan fingerprint density at radius 1 is 1.12 bits per heavy atom. The SMILES string of the molecule is CC1(C)C[C@](O)(c2ncc(-c3cc(Nc4nccc(C(F)(F)F)n4)cc(-c4ccccc4Cl)c3)s2)CC[C@H]1C(=O)O. The maximum Gasteiger partial charge on any atom is 0.433 e. The Labute approximate surface area is 243 Å². The van der Waals surface area contributed by atoms with Gasteiger partial charge in [0.05, 0.1) is 10.8 Å². The van der Waals surface area contributed by atoms with Gasteiger partial charge in [0.1, 0.15) is 16.3 Å². The van der Waals surface area contributed by atoms with E-state index in [1.54, 1.807) is 30.5 Å². The number of alkyl halides is 3. The fourth-order valence-electron chi connectivity index (χ4n) is 5.40. The Morgan fingerprint density at radius 2 is 1.85 bits per heavy atom. The summed E-state index contributed by atoms with van der Waals surface area (Å²) < 4.78 is 39.7. The second kappa shape index (κ2) is 10.7. The van der Waals surface area contributed by atoms with Gasteiger partial charge >= 0.3 is 12.1 Å². The molecule has 2 heterocycles. The van der Waals surface area contributed by atoms with Gasteiger partial charge in [0.2, 0.25) is 5.95 Å². The molecule has 4 aromatic rings. The second-order valence-corrected chi connectivity index (χ2v) is 12.3. The van der Waals surface area contributed by atoms with Crippen molar-refractivity contribution in [2.45, 2.75) is 44.9 Å². The van der Waals surface area contributed by atoms with Crippen molar-refractivity contribution in [2.24, 2.45) is 11.3 Å². The number of nitrogens with one attached hydrogen (secondary N) is 1. The Bertz CT molecular complexity index is 1610. The first-order chi connectivity index (χ1) is 19.2. The number of nitrogens with zero attached hydrogens (tertiary/aromatic N) is 3. The minimum atomic E-state index is -4.62. The molecule has 41 heavy (non-hydrogen) atoms. The van der Waals surface area contributed by atoms with E-state index in [-0.39, 0.29) is 18.8 Å². The molecule has 12 heteroatoms. The van der Waals surface area contributed by atoms with Crippen LogP contribution in [0.15, 0.2) is 60.9 Å². The largest absolute Gasteiger partial charge is 0.481 e. The molecule has 0 saturated heterocycles. The lowest BCUT2D eigenvalue weighted by atomic mass is 9.63. The number of carboxylic acids is 1. The Kier molecular flexibility index (Phi) is 7.56. The van der Waals surface area contributed by atoms with Crippen LogP contribution in [0.3, 0.4) is 0 Å². The van der Waals surface area contributed by atoms with E-state index in [2.05, 4.69) is 20.3 Å². The molecule has 214 valence electrons. The van der Waals surface area contributed by atoms with Gasteiger partial charge in [-0.2, -0.15) is 13.2 Å². The van der Waals surface area contributed by atoms with Crippen molar-refractivity contribution in [1.29, 1.82) is 0 Å². The number of hydrogen-bond acceptors (Lipinski definition) is 7.